The van der Waals surface area contributed by atoms with E-state index in [2.05, 4.69) is 29.1 Å². The van der Waals surface area contributed by atoms with E-state index in [-0.39, 0.29) is 11.2 Å². The van der Waals surface area contributed by atoms with Gasteiger partial charge in [0.15, 0.2) is 5.82 Å². The zero-order chi connectivity index (χ0) is 16.7. The van der Waals surface area contributed by atoms with Crippen LogP contribution in [0.3, 0.4) is 0 Å². The number of benzene rings is 1. The van der Waals surface area contributed by atoms with Crippen molar-refractivity contribution in [2.24, 2.45) is 0 Å². The van der Waals surface area contributed by atoms with Crippen molar-refractivity contribution < 1.29 is 9.90 Å². The van der Waals surface area contributed by atoms with Gasteiger partial charge in [-0.2, -0.15) is 5.10 Å². The molecule has 0 unspecified atom stereocenters. The summed E-state index contributed by atoms with van der Waals surface area (Å²) in [5, 5.41) is 13.8. The number of nitrogens with zero attached hydrogens (tertiary/aromatic N) is 3. The molecule has 0 saturated heterocycles. The summed E-state index contributed by atoms with van der Waals surface area (Å²) in [6.07, 6.45) is 0. The fraction of sp³-hybridized carbons (Fsp3) is 0.471. The number of rotatable bonds is 3. The van der Waals surface area contributed by atoms with Crippen molar-refractivity contribution in [3.05, 3.63) is 46.0 Å². The Labute approximate surface area is 131 Å². The van der Waals surface area contributed by atoms with Crippen molar-refractivity contribution in [2.75, 3.05) is 0 Å². The van der Waals surface area contributed by atoms with Gasteiger partial charge in [0.2, 0.25) is 5.82 Å². The zero-order valence-corrected chi connectivity index (χ0v) is 14.1. The van der Waals surface area contributed by atoms with E-state index in [0.717, 1.165) is 16.7 Å². The maximum atomic E-state index is 11.5. The molecule has 0 saturated carbocycles. The third-order valence-electron chi connectivity index (χ3n) is 3.68. The second-order valence-corrected chi connectivity index (χ2v) is 6.85. The van der Waals surface area contributed by atoms with Gasteiger partial charge in [-0.1, -0.05) is 38.5 Å². The highest BCUT2D eigenvalue weighted by molar-refractivity contribution is 5.83. The largest absolute Gasteiger partial charge is 0.475 e. The minimum absolute atomic E-state index is 0.00991. The molecule has 0 aliphatic carbocycles. The van der Waals surface area contributed by atoms with Gasteiger partial charge in [-0.15, -0.1) is 0 Å². The lowest BCUT2D eigenvalue weighted by Crippen LogP contribution is -2.15. The lowest BCUT2D eigenvalue weighted by atomic mass is 9.96. The number of carboxylic acids is 1. The molecule has 22 heavy (non-hydrogen) atoms. The SMILES string of the molecule is Cc1cc(C)c(Cn2nc(C(C)(C)C)nc2C(=O)O)c(C)c1. The number of carboxylic acid groups (broad SMARTS) is 1. The first-order valence-corrected chi connectivity index (χ1v) is 7.35. The fourth-order valence-corrected chi connectivity index (χ4v) is 2.54. The van der Waals surface area contributed by atoms with Gasteiger partial charge in [-0.25, -0.2) is 14.5 Å². The van der Waals surface area contributed by atoms with Gasteiger partial charge in [0.1, 0.15) is 0 Å². The van der Waals surface area contributed by atoms with Gasteiger partial charge in [-0.05, 0) is 37.5 Å². The van der Waals surface area contributed by atoms with Crippen molar-refractivity contribution in [2.45, 2.75) is 53.5 Å². The Morgan fingerprint density at radius 1 is 1.18 bits per heavy atom. The topological polar surface area (TPSA) is 68.0 Å². The summed E-state index contributed by atoms with van der Waals surface area (Å²) in [5.74, 6) is -0.512. The van der Waals surface area contributed by atoms with Crippen LogP contribution < -0.4 is 0 Å². The van der Waals surface area contributed by atoms with E-state index >= 15 is 0 Å². The normalized spacial score (nSPS) is 11.7. The highest BCUT2D eigenvalue weighted by Crippen LogP contribution is 2.21. The summed E-state index contributed by atoms with van der Waals surface area (Å²) in [5.41, 5.74) is 4.29. The van der Waals surface area contributed by atoms with Crippen molar-refractivity contribution in [3.8, 4) is 0 Å². The van der Waals surface area contributed by atoms with E-state index in [4.69, 9.17) is 0 Å². The van der Waals surface area contributed by atoms with Crippen molar-refractivity contribution in [1.29, 1.82) is 0 Å². The number of aryl methyl sites for hydroxylation is 3. The van der Waals surface area contributed by atoms with Crippen LogP contribution in [0.5, 0.6) is 0 Å². The summed E-state index contributed by atoms with van der Waals surface area (Å²) in [6, 6.07) is 4.20. The molecule has 0 amide bonds. The first-order valence-electron chi connectivity index (χ1n) is 7.35. The van der Waals surface area contributed by atoms with Crippen LogP contribution in [0.1, 0.15) is 59.5 Å². The number of hydrogen-bond acceptors (Lipinski definition) is 3. The minimum Gasteiger partial charge on any atom is -0.475 e. The van der Waals surface area contributed by atoms with E-state index in [1.54, 1.807) is 0 Å². The minimum atomic E-state index is -1.05. The summed E-state index contributed by atoms with van der Waals surface area (Å²) in [7, 11) is 0. The average Bonchev–Trinajstić information content (AvgIpc) is 2.77. The molecule has 1 heterocycles. The van der Waals surface area contributed by atoms with E-state index in [0.29, 0.717) is 12.4 Å². The molecule has 0 fully saturated rings. The standard InChI is InChI=1S/C17H23N3O2/c1-10-7-11(2)13(12(3)8-10)9-20-14(15(21)22)18-16(19-20)17(4,5)6/h7-8H,9H2,1-6H3,(H,21,22). The predicted molar refractivity (Wildman–Crippen MR) is 85.4 cm³/mol. The third-order valence-corrected chi connectivity index (χ3v) is 3.68. The van der Waals surface area contributed by atoms with E-state index < -0.39 is 5.97 Å². The average molecular weight is 301 g/mol. The van der Waals surface area contributed by atoms with Gasteiger partial charge in [-0.3, -0.25) is 0 Å². The van der Waals surface area contributed by atoms with Crippen LogP contribution in [-0.2, 0) is 12.0 Å². The zero-order valence-electron chi connectivity index (χ0n) is 14.1. The lowest BCUT2D eigenvalue weighted by Gasteiger charge is -2.13. The molecule has 2 rings (SSSR count). The molecule has 1 N–H and O–H groups in total. The molecule has 5 nitrogen and oxygen atoms in total. The Balaban J connectivity index is 2.50. The van der Waals surface area contributed by atoms with E-state index in [9.17, 15) is 9.90 Å². The molecule has 1 aromatic carbocycles. The maximum Gasteiger partial charge on any atom is 0.373 e. The molecular weight excluding hydrogens is 278 g/mol. The molecule has 118 valence electrons. The lowest BCUT2D eigenvalue weighted by molar-refractivity contribution is 0.0677. The highest BCUT2D eigenvalue weighted by atomic mass is 16.4. The summed E-state index contributed by atoms with van der Waals surface area (Å²) < 4.78 is 1.49. The van der Waals surface area contributed by atoms with Gasteiger partial charge >= 0.3 is 5.97 Å². The van der Waals surface area contributed by atoms with Crippen molar-refractivity contribution in [1.82, 2.24) is 14.8 Å². The van der Waals surface area contributed by atoms with Gasteiger partial charge < -0.3 is 5.11 Å². The van der Waals surface area contributed by atoms with Gasteiger partial charge in [0.05, 0.1) is 6.54 Å². The van der Waals surface area contributed by atoms with Crippen LogP contribution in [-0.4, -0.2) is 25.8 Å². The summed E-state index contributed by atoms with van der Waals surface area (Å²) in [4.78, 5) is 15.7. The molecule has 0 aliphatic rings. The Morgan fingerprint density at radius 3 is 2.18 bits per heavy atom. The molecule has 5 heteroatoms. The molecule has 1 aromatic heterocycles. The molecule has 0 aliphatic heterocycles. The van der Waals surface area contributed by atoms with Crippen LogP contribution in [0.25, 0.3) is 0 Å². The Bertz CT molecular complexity index is 701. The smallest absolute Gasteiger partial charge is 0.373 e. The number of aromatic nitrogens is 3. The molecule has 0 radical (unpaired) electrons. The first-order chi connectivity index (χ1) is 10.1. The predicted octanol–water partition coefficient (Wildman–Crippen LogP) is 3.25. The van der Waals surface area contributed by atoms with Crippen LogP contribution in [0.4, 0.5) is 0 Å². The number of aromatic carboxylic acids is 1. The Hall–Kier alpha value is -2.17. The Morgan fingerprint density at radius 2 is 1.73 bits per heavy atom. The molecule has 0 spiro atoms. The quantitative estimate of drug-likeness (QED) is 0.945. The second-order valence-electron chi connectivity index (χ2n) is 6.85. The summed E-state index contributed by atoms with van der Waals surface area (Å²) >= 11 is 0. The van der Waals surface area contributed by atoms with Gasteiger partial charge in [0, 0.05) is 5.41 Å². The van der Waals surface area contributed by atoms with Crippen LogP contribution in [0, 0.1) is 20.8 Å². The first kappa shape index (κ1) is 16.2. The highest BCUT2D eigenvalue weighted by Gasteiger charge is 2.25. The fourth-order valence-electron chi connectivity index (χ4n) is 2.54. The van der Waals surface area contributed by atoms with Gasteiger partial charge in [0.25, 0.3) is 0 Å². The molecule has 0 atom stereocenters. The van der Waals surface area contributed by atoms with Crippen molar-refractivity contribution in [3.63, 3.8) is 0 Å². The van der Waals surface area contributed by atoms with Crippen molar-refractivity contribution >= 4 is 5.97 Å². The summed E-state index contributed by atoms with van der Waals surface area (Å²) in [6.45, 7) is 12.5. The monoisotopic (exact) mass is 301 g/mol. The second kappa shape index (κ2) is 5.55. The van der Waals surface area contributed by atoms with Crippen LogP contribution in [0.2, 0.25) is 0 Å². The molecule has 0 bridgehead atoms. The molecule has 2 aromatic rings. The van der Waals surface area contributed by atoms with E-state index in [1.807, 2.05) is 34.6 Å². The maximum absolute atomic E-state index is 11.5. The number of carbonyl (C=O) groups is 1. The van der Waals surface area contributed by atoms with Crippen LogP contribution >= 0.6 is 0 Å². The van der Waals surface area contributed by atoms with Crippen LogP contribution in [0.15, 0.2) is 12.1 Å². The Kier molecular flexibility index (Phi) is 4.09. The third kappa shape index (κ3) is 3.18. The number of hydrogen-bond donors (Lipinski definition) is 1. The molecular formula is C17H23N3O2. The van der Waals surface area contributed by atoms with E-state index in [1.165, 1.54) is 10.2 Å².